The summed E-state index contributed by atoms with van der Waals surface area (Å²) in [4.78, 5) is 11.9. The van der Waals surface area contributed by atoms with Crippen molar-refractivity contribution in [3.63, 3.8) is 0 Å². The number of nitrogens with one attached hydrogen (secondary N) is 1. The highest BCUT2D eigenvalue weighted by atomic mass is 35.5. The molecule has 0 saturated carbocycles. The normalized spacial score (nSPS) is 13.0. The third-order valence-electron chi connectivity index (χ3n) is 3.93. The number of rotatable bonds is 7. The summed E-state index contributed by atoms with van der Waals surface area (Å²) in [6.45, 7) is 4.60. The predicted molar refractivity (Wildman–Crippen MR) is 95.0 cm³/mol. The Morgan fingerprint density at radius 1 is 1.35 bits per heavy atom. The maximum atomic E-state index is 11.9. The molecule has 2 rings (SSSR count). The maximum absolute atomic E-state index is 11.9. The number of aromatic nitrogens is 2. The van der Waals surface area contributed by atoms with E-state index < -0.39 is 6.04 Å². The van der Waals surface area contributed by atoms with Gasteiger partial charge in [0.15, 0.2) is 0 Å². The molecule has 0 aliphatic carbocycles. The van der Waals surface area contributed by atoms with Crippen molar-refractivity contribution < 1.29 is 4.79 Å². The standard InChI is InChI=1S/C17H24N4O.ClH/c1-3-13(2)16(18)17(22)19-10-9-14-11-20-21(12-14)15-7-5-4-6-8-15;/h4-8,11-13,16H,3,9-10,18H2,1-2H3,(H,19,22);1H. The van der Waals surface area contributed by atoms with Crippen LogP contribution in [0.5, 0.6) is 0 Å². The quantitative estimate of drug-likeness (QED) is 0.815. The molecule has 3 N–H and O–H groups in total. The average Bonchev–Trinajstić information content (AvgIpc) is 3.03. The minimum atomic E-state index is -0.433. The summed E-state index contributed by atoms with van der Waals surface area (Å²) >= 11 is 0. The van der Waals surface area contributed by atoms with Crippen molar-refractivity contribution in [2.75, 3.05) is 6.54 Å². The molecule has 1 aromatic carbocycles. The molecule has 2 atom stereocenters. The molecule has 6 heteroatoms. The number of carbonyl (C=O) groups is 1. The lowest BCUT2D eigenvalue weighted by Gasteiger charge is -2.17. The molecule has 1 heterocycles. The van der Waals surface area contributed by atoms with Gasteiger partial charge in [-0.15, -0.1) is 12.4 Å². The Labute approximate surface area is 143 Å². The number of benzene rings is 1. The summed E-state index contributed by atoms with van der Waals surface area (Å²) < 4.78 is 1.84. The number of hydrogen-bond donors (Lipinski definition) is 2. The van der Waals surface area contributed by atoms with Crippen molar-refractivity contribution in [3.8, 4) is 5.69 Å². The van der Waals surface area contributed by atoms with Gasteiger partial charge in [0.25, 0.3) is 0 Å². The van der Waals surface area contributed by atoms with Gasteiger partial charge in [-0.1, -0.05) is 38.5 Å². The van der Waals surface area contributed by atoms with Crippen LogP contribution in [0.2, 0.25) is 0 Å². The molecule has 126 valence electrons. The van der Waals surface area contributed by atoms with Gasteiger partial charge in [0.2, 0.25) is 5.91 Å². The highest BCUT2D eigenvalue weighted by Crippen LogP contribution is 2.08. The minimum absolute atomic E-state index is 0. The van der Waals surface area contributed by atoms with Crippen LogP contribution in [0.4, 0.5) is 0 Å². The Kier molecular flexibility index (Phi) is 7.78. The lowest BCUT2D eigenvalue weighted by Crippen LogP contribution is -2.45. The van der Waals surface area contributed by atoms with Gasteiger partial charge in [-0.05, 0) is 30.0 Å². The third-order valence-corrected chi connectivity index (χ3v) is 3.93. The zero-order valence-corrected chi connectivity index (χ0v) is 14.4. The molecular weight excluding hydrogens is 312 g/mol. The molecule has 0 radical (unpaired) electrons. The second-order valence-electron chi connectivity index (χ2n) is 5.58. The van der Waals surface area contributed by atoms with E-state index in [1.54, 1.807) is 0 Å². The highest BCUT2D eigenvalue weighted by molar-refractivity contribution is 5.85. The summed E-state index contributed by atoms with van der Waals surface area (Å²) in [6, 6.07) is 9.51. The second-order valence-corrected chi connectivity index (χ2v) is 5.58. The van der Waals surface area contributed by atoms with Crippen LogP contribution in [0.15, 0.2) is 42.7 Å². The number of nitrogens with zero attached hydrogens (tertiary/aromatic N) is 2. The minimum Gasteiger partial charge on any atom is -0.354 e. The molecule has 23 heavy (non-hydrogen) atoms. The average molecular weight is 337 g/mol. The van der Waals surface area contributed by atoms with Crippen LogP contribution in [0.25, 0.3) is 5.69 Å². The van der Waals surface area contributed by atoms with Gasteiger partial charge in [0.1, 0.15) is 0 Å². The molecule has 0 fully saturated rings. The first-order valence-electron chi connectivity index (χ1n) is 7.74. The Balaban J connectivity index is 0.00000264. The molecule has 0 aliphatic rings. The summed E-state index contributed by atoms with van der Waals surface area (Å²) in [5.41, 5.74) is 8.01. The highest BCUT2D eigenvalue weighted by Gasteiger charge is 2.18. The molecule has 0 saturated heterocycles. The van der Waals surface area contributed by atoms with E-state index in [9.17, 15) is 4.79 Å². The number of nitrogens with two attached hydrogens (primary N) is 1. The van der Waals surface area contributed by atoms with E-state index in [2.05, 4.69) is 10.4 Å². The zero-order chi connectivity index (χ0) is 15.9. The van der Waals surface area contributed by atoms with Gasteiger partial charge < -0.3 is 11.1 Å². The van der Waals surface area contributed by atoms with Crippen LogP contribution in [0, 0.1) is 5.92 Å². The maximum Gasteiger partial charge on any atom is 0.237 e. The van der Waals surface area contributed by atoms with E-state index in [0.717, 1.165) is 24.1 Å². The number of hydrogen-bond acceptors (Lipinski definition) is 3. The largest absolute Gasteiger partial charge is 0.354 e. The third kappa shape index (κ3) is 5.37. The first-order valence-corrected chi connectivity index (χ1v) is 7.74. The predicted octanol–water partition coefficient (Wildman–Crippen LogP) is 2.33. The second kappa shape index (κ2) is 9.33. The molecule has 0 aliphatic heterocycles. The number of amides is 1. The van der Waals surface area contributed by atoms with Crippen molar-refractivity contribution in [1.82, 2.24) is 15.1 Å². The molecule has 1 aromatic heterocycles. The monoisotopic (exact) mass is 336 g/mol. The zero-order valence-electron chi connectivity index (χ0n) is 13.6. The summed E-state index contributed by atoms with van der Waals surface area (Å²) in [5.74, 6) is 0.116. The van der Waals surface area contributed by atoms with Gasteiger partial charge in [-0.2, -0.15) is 5.10 Å². The fraction of sp³-hybridized carbons (Fsp3) is 0.412. The van der Waals surface area contributed by atoms with Crippen molar-refractivity contribution >= 4 is 18.3 Å². The molecule has 0 spiro atoms. The molecule has 2 aromatic rings. The summed E-state index contributed by atoms with van der Waals surface area (Å²) in [6.07, 6.45) is 5.45. The van der Waals surface area contributed by atoms with Gasteiger partial charge in [-0.25, -0.2) is 4.68 Å². The van der Waals surface area contributed by atoms with Crippen LogP contribution in [0.1, 0.15) is 25.8 Å². The smallest absolute Gasteiger partial charge is 0.237 e. The molecule has 2 unspecified atom stereocenters. The lowest BCUT2D eigenvalue weighted by atomic mass is 9.99. The number of para-hydroxylation sites is 1. The van der Waals surface area contributed by atoms with E-state index in [0.29, 0.717) is 6.54 Å². The lowest BCUT2D eigenvalue weighted by molar-refractivity contribution is -0.123. The van der Waals surface area contributed by atoms with Crippen LogP contribution in [0.3, 0.4) is 0 Å². The Hall–Kier alpha value is -1.85. The van der Waals surface area contributed by atoms with Gasteiger partial charge >= 0.3 is 0 Å². The van der Waals surface area contributed by atoms with E-state index >= 15 is 0 Å². The SMILES string of the molecule is CCC(C)C(N)C(=O)NCCc1cnn(-c2ccccc2)c1.Cl. The van der Waals surface area contributed by atoms with Gasteiger partial charge in [0, 0.05) is 12.7 Å². The van der Waals surface area contributed by atoms with Crippen molar-refractivity contribution in [2.45, 2.75) is 32.7 Å². The van der Waals surface area contributed by atoms with Crippen LogP contribution < -0.4 is 11.1 Å². The Morgan fingerprint density at radius 2 is 2.04 bits per heavy atom. The first kappa shape index (κ1) is 19.2. The van der Waals surface area contributed by atoms with Gasteiger partial charge in [-0.3, -0.25) is 4.79 Å². The molecule has 1 amide bonds. The van der Waals surface area contributed by atoms with Crippen molar-refractivity contribution in [2.24, 2.45) is 11.7 Å². The summed E-state index contributed by atoms with van der Waals surface area (Å²) in [5, 5.41) is 7.23. The Morgan fingerprint density at radius 3 is 2.70 bits per heavy atom. The van der Waals surface area contributed by atoms with E-state index in [1.807, 2.05) is 61.3 Å². The summed E-state index contributed by atoms with van der Waals surface area (Å²) in [7, 11) is 0. The fourth-order valence-corrected chi connectivity index (χ4v) is 2.17. The molecular formula is C17H25ClN4O. The Bertz CT molecular complexity index is 600. The van der Waals surface area contributed by atoms with Gasteiger partial charge in [0.05, 0.1) is 17.9 Å². The number of carbonyl (C=O) groups excluding carboxylic acids is 1. The topological polar surface area (TPSA) is 72.9 Å². The number of halogens is 1. The van der Waals surface area contributed by atoms with Crippen LogP contribution in [-0.2, 0) is 11.2 Å². The van der Waals surface area contributed by atoms with Crippen LogP contribution >= 0.6 is 12.4 Å². The first-order chi connectivity index (χ1) is 10.6. The van der Waals surface area contributed by atoms with E-state index in [4.69, 9.17) is 5.73 Å². The molecule has 0 bridgehead atoms. The van der Waals surface area contributed by atoms with E-state index in [1.165, 1.54) is 0 Å². The van der Waals surface area contributed by atoms with Crippen molar-refractivity contribution in [1.29, 1.82) is 0 Å². The molecule has 5 nitrogen and oxygen atoms in total. The van der Waals surface area contributed by atoms with Crippen molar-refractivity contribution in [3.05, 3.63) is 48.3 Å². The van der Waals surface area contributed by atoms with E-state index in [-0.39, 0.29) is 24.2 Å². The fourth-order valence-electron chi connectivity index (χ4n) is 2.17. The van der Waals surface area contributed by atoms with Crippen LogP contribution in [-0.4, -0.2) is 28.3 Å².